The number of carbonyl (C=O) groups is 3. The van der Waals surface area contributed by atoms with E-state index < -0.39 is 17.7 Å². The molecule has 0 radical (unpaired) electrons. The predicted octanol–water partition coefficient (Wildman–Crippen LogP) is 4.38. The Hall–Kier alpha value is -4.51. The third kappa shape index (κ3) is 5.21. The lowest BCUT2D eigenvalue weighted by molar-refractivity contribution is -0.137. The van der Waals surface area contributed by atoms with E-state index in [9.17, 15) is 14.4 Å². The Kier molecular flexibility index (Phi) is 7.63. The molecule has 0 fully saturated rings. The number of hydrogen-bond acceptors (Lipinski definition) is 10. The topological polar surface area (TPSA) is 126 Å². The lowest BCUT2D eigenvalue weighted by Crippen LogP contribution is -2.18. The van der Waals surface area contributed by atoms with Gasteiger partial charge in [-0.3, -0.25) is 14.9 Å². The molecule has 0 aliphatic rings. The number of hydrogen-bond donors (Lipinski definition) is 1. The number of carbonyl (C=O) groups excluding carboxylic acids is 3. The molecule has 190 valence electrons. The van der Waals surface area contributed by atoms with Crippen LogP contribution >= 0.6 is 11.3 Å². The first-order chi connectivity index (χ1) is 17.9. The molecule has 2 heterocycles. The van der Waals surface area contributed by atoms with Gasteiger partial charge in [-0.15, -0.1) is 11.3 Å². The zero-order valence-corrected chi connectivity index (χ0v) is 21.3. The van der Waals surface area contributed by atoms with Crippen LogP contribution in [0.5, 0.6) is 17.2 Å². The van der Waals surface area contributed by atoms with Gasteiger partial charge >= 0.3 is 5.97 Å². The molecule has 10 nitrogen and oxygen atoms in total. The van der Waals surface area contributed by atoms with Crippen molar-refractivity contribution in [2.24, 2.45) is 0 Å². The van der Waals surface area contributed by atoms with Crippen molar-refractivity contribution in [1.82, 2.24) is 9.97 Å². The molecule has 0 saturated heterocycles. The van der Waals surface area contributed by atoms with Gasteiger partial charge in [0.05, 0.1) is 44.7 Å². The van der Waals surface area contributed by atoms with Crippen molar-refractivity contribution in [3.05, 3.63) is 59.1 Å². The summed E-state index contributed by atoms with van der Waals surface area (Å²) < 4.78 is 21.0. The smallest absolute Gasteiger partial charge is 0.381 e. The number of pyridine rings is 1. The van der Waals surface area contributed by atoms with E-state index in [4.69, 9.17) is 23.9 Å². The Balaban J connectivity index is 1.73. The van der Waals surface area contributed by atoms with Crippen LogP contribution in [-0.4, -0.2) is 55.6 Å². The van der Waals surface area contributed by atoms with Gasteiger partial charge in [0.2, 0.25) is 5.75 Å². The number of Topliss-reactive ketones (excluding diaryl/α,β-unsaturated/α-hetero) is 1. The highest BCUT2D eigenvalue weighted by Gasteiger charge is 2.22. The van der Waals surface area contributed by atoms with Gasteiger partial charge in [0.25, 0.3) is 11.7 Å². The molecule has 2 aromatic heterocycles. The monoisotopic (exact) mass is 521 g/mol. The molecule has 0 saturated carbocycles. The molecule has 0 atom stereocenters. The number of amides is 1. The minimum Gasteiger partial charge on any atom is -0.493 e. The van der Waals surface area contributed by atoms with Gasteiger partial charge < -0.3 is 18.9 Å². The molecule has 4 aromatic rings. The number of esters is 1. The van der Waals surface area contributed by atoms with E-state index in [1.165, 1.54) is 26.7 Å². The Morgan fingerprint density at radius 2 is 1.65 bits per heavy atom. The lowest BCUT2D eigenvalue weighted by atomic mass is 10.0. The summed E-state index contributed by atoms with van der Waals surface area (Å²) in [7, 11) is 4.55. The summed E-state index contributed by atoms with van der Waals surface area (Å²) in [4.78, 5) is 46.0. The summed E-state index contributed by atoms with van der Waals surface area (Å²) in [5.74, 6) is -1.02. The lowest BCUT2D eigenvalue weighted by Gasteiger charge is -2.15. The molecular weight excluding hydrogens is 498 g/mol. The highest BCUT2D eigenvalue weighted by atomic mass is 32.1. The average Bonchev–Trinajstić information content (AvgIpc) is 3.39. The number of nitrogens with zero attached hydrogens (tertiary/aromatic N) is 2. The first-order valence-corrected chi connectivity index (χ1v) is 12.0. The van der Waals surface area contributed by atoms with E-state index in [2.05, 4.69) is 10.3 Å². The van der Waals surface area contributed by atoms with Crippen LogP contribution in [0, 0.1) is 0 Å². The molecule has 1 amide bonds. The normalized spacial score (nSPS) is 10.6. The number of methoxy groups -OCH3 is 3. The van der Waals surface area contributed by atoms with Crippen LogP contribution in [0.4, 0.5) is 5.13 Å². The number of anilines is 1. The largest absolute Gasteiger partial charge is 0.493 e. The SMILES string of the molecule is CCOC(=O)C(=O)c1csc(NC(=O)c2cc(-c3cc(OC)c(OC)c(OC)c3)nc3ccccc23)n1. The van der Waals surface area contributed by atoms with Crippen LogP contribution in [0.15, 0.2) is 47.8 Å². The van der Waals surface area contributed by atoms with Crippen molar-refractivity contribution in [3.63, 3.8) is 0 Å². The maximum Gasteiger partial charge on any atom is 0.381 e. The van der Waals surface area contributed by atoms with Crippen LogP contribution in [0.3, 0.4) is 0 Å². The minimum absolute atomic E-state index is 0.0711. The van der Waals surface area contributed by atoms with E-state index in [1.807, 2.05) is 6.07 Å². The molecule has 11 heteroatoms. The van der Waals surface area contributed by atoms with Crippen LogP contribution in [0.2, 0.25) is 0 Å². The molecule has 37 heavy (non-hydrogen) atoms. The van der Waals surface area contributed by atoms with Crippen LogP contribution < -0.4 is 19.5 Å². The van der Waals surface area contributed by atoms with E-state index >= 15 is 0 Å². The fourth-order valence-electron chi connectivity index (χ4n) is 3.64. The zero-order valence-electron chi connectivity index (χ0n) is 20.5. The van der Waals surface area contributed by atoms with Crippen molar-refractivity contribution in [1.29, 1.82) is 0 Å². The van der Waals surface area contributed by atoms with Gasteiger partial charge in [-0.05, 0) is 31.2 Å². The Morgan fingerprint density at radius 3 is 2.30 bits per heavy atom. The highest BCUT2D eigenvalue weighted by Crippen LogP contribution is 2.41. The molecule has 0 aliphatic carbocycles. The third-order valence-electron chi connectivity index (χ3n) is 5.34. The van der Waals surface area contributed by atoms with E-state index in [-0.39, 0.29) is 17.4 Å². The fourth-order valence-corrected chi connectivity index (χ4v) is 4.33. The van der Waals surface area contributed by atoms with Gasteiger partial charge in [-0.1, -0.05) is 18.2 Å². The second kappa shape index (κ2) is 11.0. The summed E-state index contributed by atoms with van der Waals surface area (Å²) in [5.41, 5.74) is 1.97. The molecule has 0 spiro atoms. The number of para-hydroxylation sites is 1. The van der Waals surface area contributed by atoms with Crippen molar-refractivity contribution in [2.45, 2.75) is 6.92 Å². The minimum atomic E-state index is -0.999. The Labute approximate surface area is 216 Å². The molecule has 0 aliphatic heterocycles. The molecule has 0 unspecified atom stereocenters. The van der Waals surface area contributed by atoms with Crippen LogP contribution in [0.25, 0.3) is 22.2 Å². The predicted molar refractivity (Wildman–Crippen MR) is 138 cm³/mol. The fraction of sp³-hybridized carbons (Fsp3) is 0.192. The number of ether oxygens (including phenoxy) is 4. The molecule has 1 N–H and O–H groups in total. The number of rotatable bonds is 9. The van der Waals surface area contributed by atoms with Gasteiger partial charge in [-0.2, -0.15) is 0 Å². The van der Waals surface area contributed by atoms with E-state index in [0.29, 0.717) is 45.0 Å². The quantitative estimate of drug-likeness (QED) is 0.194. The van der Waals surface area contributed by atoms with Crippen LogP contribution in [-0.2, 0) is 9.53 Å². The standard InChI is InChI=1S/C26H23N3O7S/c1-5-36-25(32)22(30)19-13-37-26(28-19)29-24(31)16-12-18(27-17-9-7-6-8-15(16)17)14-10-20(33-2)23(35-4)21(11-14)34-3/h6-13H,5H2,1-4H3,(H,28,29,31). The Bertz CT molecular complexity index is 1470. The van der Waals surface area contributed by atoms with Crippen molar-refractivity contribution < 1.29 is 33.3 Å². The van der Waals surface area contributed by atoms with Crippen molar-refractivity contribution >= 4 is 45.0 Å². The molecule has 4 rings (SSSR count). The first-order valence-electron chi connectivity index (χ1n) is 11.1. The maximum absolute atomic E-state index is 13.4. The van der Waals surface area contributed by atoms with Crippen molar-refractivity contribution in [3.8, 4) is 28.5 Å². The molecule has 2 aromatic carbocycles. The Morgan fingerprint density at radius 1 is 0.946 bits per heavy atom. The third-order valence-corrected chi connectivity index (χ3v) is 6.10. The molecular formula is C26H23N3O7S. The molecule has 0 bridgehead atoms. The average molecular weight is 522 g/mol. The number of aromatic nitrogens is 2. The summed E-state index contributed by atoms with van der Waals surface area (Å²) >= 11 is 1.02. The van der Waals surface area contributed by atoms with Crippen molar-refractivity contribution in [2.75, 3.05) is 33.3 Å². The number of ketones is 1. The second-order valence-electron chi connectivity index (χ2n) is 7.53. The number of nitrogens with one attached hydrogen (secondary N) is 1. The number of thiazole rings is 1. The summed E-state index contributed by atoms with van der Waals surface area (Å²) in [6.07, 6.45) is 0. The van der Waals surface area contributed by atoms with Gasteiger partial charge in [0.15, 0.2) is 16.6 Å². The number of benzene rings is 2. The van der Waals surface area contributed by atoms with Gasteiger partial charge in [0.1, 0.15) is 5.69 Å². The van der Waals surface area contributed by atoms with E-state index in [1.54, 1.807) is 43.3 Å². The maximum atomic E-state index is 13.4. The summed E-state index contributed by atoms with van der Waals surface area (Å²) in [6, 6.07) is 12.4. The zero-order chi connectivity index (χ0) is 26.5. The van der Waals surface area contributed by atoms with Crippen LogP contribution in [0.1, 0.15) is 27.8 Å². The first kappa shape index (κ1) is 25.6. The summed E-state index contributed by atoms with van der Waals surface area (Å²) in [5, 5.41) is 4.88. The van der Waals surface area contributed by atoms with Gasteiger partial charge in [-0.25, -0.2) is 14.8 Å². The summed E-state index contributed by atoms with van der Waals surface area (Å²) in [6.45, 7) is 1.67. The second-order valence-corrected chi connectivity index (χ2v) is 8.39. The highest BCUT2D eigenvalue weighted by molar-refractivity contribution is 7.14. The number of fused-ring (bicyclic) bond motifs is 1. The van der Waals surface area contributed by atoms with E-state index in [0.717, 1.165) is 11.3 Å². The van der Waals surface area contributed by atoms with Gasteiger partial charge in [0, 0.05) is 16.3 Å².